The molecular weight excluding hydrogens is 267 g/mol. The lowest BCUT2D eigenvalue weighted by Gasteiger charge is -2.29. The molecular formula is C13H21O5P. The van der Waals surface area contributed by atoms with Gasteiger partial charge in [-0.15, -0.1) is 0 Å². The number of rotatable bonds is 5. The number of aryl methyl sites for hydroxylation is 2. The first-order chi connectivity index (χ1) is 8.57. The molecule has 0 atom stereocenters. The number of hydrogen-bond donors (Lipinski definition) is 3. The molecule has 19 heavy (non-hydrogen) atoms. The second-order valence-corrected chi connectivity index (χ2v) is 6.56. The van der Waals surface area contributed by atoms with Crippen LogP contribution in [0.5, 0.6) is 5.75 Å². The summed E-state index contributed by atoms with van der Waals surface area (Å²) >= 11 is 0. The summed E-state index contributed by atoms with van der Waals surface area (Å²) in [5.74, 6) is 0.185. The standard InChI is InChI=1S/C13H21O5P/c1-9-7-10(2)12(13(3,4)5-6-14)11(8-9)18-19(15,16)17/h7-8,14H,5-6H2,1-4H3,(H2,15,16,17). The molecule has 0 spiro atoms. The van der Waals surface area contributed by atoms with Crippen LogP contribution in [0.1, 0.15) is 37.0 Å². The minimum absolute atomic E-state index is 0.00430. The maximum Gasteiger partial charge on any atom is 0.524 e. The molecule has 0 aromatic heterocycles. The van der Waals surface area contributed by atoms with Crippen LogP contribution in [-0.4, -0.2) is 21.5 Å². The van der Waals surface area contributed by atoms with E-state index < -0.39 is 13.2 Å². The van der Waals surface area contributed by atoms with Crippen molar-refractivity contribution in [3.63, 3.8) is 0 Å². The molecule has 0 saturated heterocycles. The molecule has 108 valence electrons. The zero-order valence-corrected chi connectivity index (χ0v) is 12.6. The Hall–Kier alpha value is -0.870. The van der Waals surface area contributed by atoms with E-state index in [1.807, 2.05) is 33.8 Å². The van der Waals surface area contributed by atoms with Crippen molar-refractivity contribution < 1.29 is 24.0 Å². The summed E-state index contributed by atoms with van der Waals surface area (Å²) in [7, 11) is -4.61. The third-order valence-corrected chi connectivity index (χ3v) is 3.51. The number of benzene rings is 1. The van der Waals surface area contributed by atoms with Crippen molar-refractivity contribution in [3.05, 3.63) is 28.8 Å². The summed E-state index contributed by atoms with van der Waals surface area (Å²) in [6, 6.07) is 3.54. The van der Waals surface area contributed by atoms with Gasteiger partial charge >= 0.3 is 7.82 Å². The highest BCUT2D eigenvalue weighted by molar-refractivity contribution is 7.46. The van der Waals surface area contributed by atoms with E-state index in [1.54, 1.807) is 6.07 Å². The highest BCUT2D eigenvalue weighted by Gasteiger charge is 2.29. The van der Waals surface area contributed by atoms with Gasteiger partial charge in [0.05, 0.1) is 0 Å². The lowest BCUT2D eigenvalue weighted by atomic mass is 9.78. The van der Waals surface area contributed by atoms with Gasteiger partial charge in [-0.25, -0.2) is 4.57 Å². The first kappa shape index (κ1) is 16.2. The summed E-state index contributed by atoms with van der Waals surface area (Å²) in [6.45, 7) is 7.52. The molecule has 5 nitrogen and oxygen atoms in total. The first-order valence-corrected chi connectivity index (χ1v) is 7.57. The van der Waals surface area contributed by atoms with E-state index >= 15 is 0 Å². The predicted molar refractivity (Wildman–Crippen MR) is 73.3 cm³/mol. The Labute approximate surface area is 113 Å². The normalized spacial score (nSPS) is 12.6. The van der Waals surface area contributed by atoms with Crippen molar-refractivity contribution in [1.82, 2.24) is 0 Å². The minimum atomic E-state index is -4.61. The zero-order valence-electron chi connectivity index (χ0n) is 11.7. The predicted octanol–water partition coefficient (Wildman–Crippen LogP) is 2.43. The maximum absolute atomic E-state index is 11.1. The smallest absolute Gasteiger partial charge is 0.404 e. The zero-order chi connectivity index (χ0) is 14.8. The van der Waals surface area contributed by atoms with Crippen LogP contribution in [-0.2, 0) is 9.98 Å². The van der Waals surface area contributed by atoms with Crippen molar-refractivity contribution in [2.24, 2.45) is 0 Å². The summed E-state index contributed by atoms with van der Waals surface area (Å²) in [5.41, 5.74) is 2.04. The van der Waals surface area contributed by atoms with Crippen LogP contribution in [0.4, 0.5) is 0 Å². The summed E-state index contributed by atoms with van der Waals surface area (Å²) in [4.78, 5) is 18.0. The Balaban J connectivity index is 3.40. The molecule has 1 aromatic rings. The molecule has 0 fully saturated rings. The van der Waals surface area contributed by atoms with Gasteiger partial charge in [0.15, 0.2) is 0 Å². The molecule has 0 amide bonds. The van der Waals surface area contributed by atoms with Gasteiger partial charge in [0.2, 0.25) is 0 Å². The van der Waals surface area contributed by atoms with Gasteiger partial charge in [-0.1, -0.05) is 19.9 Å². The van der Waals surface area contributed by atoms with Crippen LogP contribution in [0.15, 0.2) is 12.1 Å². The quantitative estimate of drug-likeness (QED) is 0.724. The van der Waals surface area contributed by atoms with Crippen molar-refractivity contribution in [3.8, 4) is 5.75 Å². The topological polar surface area (TPSA) is 87.0 Å². The average Bonchev–Trinajstić information content (AvgIpc) is 2.11. The SMILES string of the molecule is Cc1cc(C)c(C(C)(C)CCO)c(OP(=O)(O)O)c1. The van der Waals surface area contributed by atoms with E-state index in [0.29, 0.717) is 6.42 Å². The molecule has 0 bridgehead atoms. The van der Waals surface area contributed by atoms with Crippen LogP contribution >= 0.6 is 7.82 Å². The molecule has 0 aliphatic rings. The van der Waals surface area contributed by atoms with E-state index in [0.717, 1.165) is 16.7 Å². The average molecular weight is 288 g/mol. The third kappa shape index (κ3) is 4.32. The maximum atomic E-state index is 11.1. The molecule has 0 aliphatic carbocycles. The van der Waals surface area contributed by atoms with E-state index in [-0.39, 0.29) is 12.4 Å². The van der Waals surface area contributed by atoms with Crippen molar-refractivity contribution in [1.29, 1.82) is 0 Å². The highest BCUT2D eigenvalue weighted by atomic mass is 31.2. The molecule has 1 aromatic carbocycles. The van der Waals surface area contributed by atoms with Gasteiger partial charge in [0.25, 0.3) is 0 Å². The van der Waals surface area contributed by atoms with Crippen LogP contribution in [0, 0.1) is 13.8 Å². The molecule has 1 rings (SSSR count). The van der Waals surface area contributed by atoms with Crippen molar-refractivity contribution in [2.45, 2.75) is 39.5 Å². The van der Waals surface area contributed by atoms with Crippen molar-refractivity contribution >= 4 is 7.82 Å². The third-order valence-electron chi connectivity index (χ3n) is 3.07. The van der Waals surface area contributed by atoms with Crippen LogP contribution in [0.2, 0.25) is 0 Å². The number of hydrogen-bond acceptors (Lipinski definition) is 3. The molecule has 0 saturated carbocycles. The van der Waals surface area contributed by atoms with Crippen LogP contribution < -0.4 is 4.52 Å². The summed E-state index contributed by atoms with van der Waals surface area (Å²) in [6.07, 6.45) is 0.481. The fourth-order valence-electron chi connectivity index (χ4n) is 2.40. The number of phosphoric ester groups is 1. The number of phosphoric acid groups is 1. The summed E-state index contributed by atoms with van der Waals surface area (Å²) < 4.78 is 15.9. The van der Waals surface area contributed by atoms with Gasteiger partial charge in [0, 0.05) is 12.2 Å². The summed E-state index contributed by atoms with van der Waals surface area (Å²) in [5, 5.41) is 9.14. The van der Waals surface area contributed by atoms with Gasteiger partial charge in [-0.05, 0) is 42.9 Å². The van der Waals surface area contributed by atoms with E-state index in [9.17, 15) is 4.57 Å². The second kappa shape index (κ2) is 5.63. The van der Waals surface area contributed by atoms with E-state index in [4.69, 9.17) is 19.4 Å². The van der Waals surface area contributed by atoms with Gasteiger partial charge in [-0.3, -0.25) is 9.79 Å². The molecule has 0 heterocycles. The van der Waals surface area contributed by atoms with Crippen LogP contribution in [0.3, 0.4) is 0 Å². The molecule has 3 N–H and O–H groups in total. The highest BCUT2D eigenvalue weighted by Crippen LogP contribution is 2.44. The number of aliphatic hydroxyl groups is 1. The second-order valence-electron chi connectivity index (χ2n) is 5.39. The fourth-order valence-corrected chi connectivity index (χ4v) is 2.80. The largest absolute Gasteiger partial charge is 0.524 e. The molecule has 6 heteroatoms. The van der Waals surface area contributed by atoms with Gasteiger partial charge in [0.1, 0.15) is 5.75 Å². The fraction of sp³-hybridized carbons (Fsp3) is 0.538. The molecule has 0 aliphatic heterocycles. The lowest BCUT2D eigenvalue weighted by molar-refractivity contribution is 0.248. The van der Waals surface area contributed by atoms with E-state index in [1.165, 1.54) is 0 Å². The van der Waals surface area contributed by atoms with E-state index in [2.05, 4.69) is 0 Å². The van der Waals surface area contributed by atoms with Gasteiger partial charge in [-0.2, -0.15) is 0 Å². The molecule has 0 unspecified atom stereocenters. The van der Waals surface area contributed by atoms with Crippen molar-refractivity contribution in [2.75, 3.05) is 6.61 Å². The Bertz CT molecular complexity index is 504. The Kier molecular flexibility index (Phi) is 4.80. The van der Waals surface area contributed by atoms with Gasteiger partial charge < -0.3 is 9.63 Å². The van der Waals surface area contributed by atoms with Crippen LogP contribution in [0.25, 0.3) is 0 Å². The minimum Gasteiger partial charge on any atom is -0.404 e. The lowest BCUT2D eigenvalue weighted by Crippen LogP contribution is -2.21. The number of aliphatic hydroxyl groups excluding tert-OH is 1. The monoisotopic (exact) mass is 288 g/mol. The Morgan fingerprint density at radius 3 is 2.32 bits per heavy atom. The molecule has 0 radical (unpaired) electrons. The first-order valence-electron chi connectivity index (χ1n) is 6.04. The Morgan fingerprint density at radius 2 is 1.84 bits per heavy atom. The Morgan fingerprint density at radius 1 is 1.26 bits per heavy atom.